The largest absolute Gasteiger partial charge is 0.318 e. The highest BCUT2D eigenvalue weighted by Crippen LogP contribution is 2.31. The SMILES string of the molecule is CCN(Cc1ccccc1)S(=O)(=O)c1ccc(C(=O)N=c2sc3c(Cl)ccc(Cl)c3n2C)cc1. The summed E-state index contributed by atoms with van der Waals surface area (Å²) < 4.78 is 30.1. The van der Waals surface area contributed by atoms with Crippen LogP contribution in [0, 0.1) is 0 Å². The zero-order valence-electron chi connectivity index (χ0n) is 18.4. The second-order valence-corrected chi connectivity index (χ2v) is 11.2. The van der Waals surface area contributed by atoms with Gasteiger partial charge in [-0.2, -0.15) is 9.30 Å². The molecule has 176 valence electrons. The van der Waals surface area contributed by atoms with Crippen molar-refractivity contribution in [2.24, 2.45) is 12.0 Å². The Morgan fingerprint density at radius 1 is 1.00 bits per heavy atom. The number of carbonyl (C=O) groups is 1. The van der Waals surface area contributed by atoms with E-state index in [2.05, 4.69) is 4.99 Å². The van der Waals surface area contributed by atoms with Gasteiger partial charge in [0.2, 0.25) is 10.0 Å². The number of rotatable bonds is 6. The first-order valence-electron chi connectivity index (χ1n) is 10.4. The average Bonchev–Trinajstić information content (AvgIpc) is 3.17. The molecule has 0 bridgehead atoms. The summed E-state index contributed by atoms with van der Waals surface area (Å²) in [6.07, 6.45) is 0. The van der Waals surface area contributed by atoms with Crippen LogP contribution in [-0.2, 0) is 23.6 Å². The number of hydrogen-bond acceptors (Lipinski definition) is 4. The van der Waals surface area contributed by atoms with Crippen LogP contribution >= 0.6 is 34.5 Å². The van der Waals surface area contributed by atoms with Crippen molar-refractivity contribution in [1.29, 1.82) is 0 Å². The number of carbonyl (C=O) groups excluding carboxylic acids is 1. The van der Waals surface area contributed by atoms with Gasteiger partial charge in [0.25, 0.3) is 5.91 Å². The quantitative estimate of drug-likeness (QED) is 0.328. The predicted molar refractivity (Wildman–Crippen MR) is 137 cm³/mol. The maximum absolute atomic E-state index is 13.1. The number of amides is 1. The topological polar surface area (TPSA) is 71.7 Å². The molecular formula is C24H21Cl2N3O3S2. The van der Waals surface area contributed by atoms with Crippen LogP contribution in [0.3, 0.4) is 0 Å². The van der Waals surface area contributed by atoms with Gasteiger partial charge < -0.3 is 4.57 Å². The minimum atomic E-state index is -3.72. The van der Waals surface area contributed by atoms with Gasteiger partial charge in [0, 0.05) is 25.7 Å². The maximum atomic E-state index is 13.1. The van der Waals surface area contributed by atoms with Crippen molar-refractivity contribution in [2.45, 2.75) is 18.4 Å². The number of aromatic nitrogens is 1. The number of hydrogen-bond donors (Lipinski definition) is 0. The Morgan fingerprint density at radius 3 is 2.26 bits per heavy atom. The Labute approximate surface area is 211 Å². The van der Waals surface area contributed by atoms with Crippen molar-refractivity contribution >= 4 is 60.7 Å². The summed E-state index contributed by atoms with van der Waals surface area (Å²) >= 11 is 13.8. The fourth-order valence-corrected chi connectivity index (χ4v) is 6.60. The second-order valence-electron chi connectivity index (χ2n) is 7.51. The molecule has 6 nitrogen and oxygen atoms in total. The molecule has 10 heteroatoms. The van der Waals surface area contributed by atoms with Gasteiger partial charge in [0.05, 0.1) is 25.2 Å². The third-order valence-electron chi connectivity index (χ3n) is 5.34. The van der Waals surface area contributed by atoms with Crippen molar-refractivity contribution < 1.29 is 13.2 Å². The van der Waals surface area contributed by atoms with Crippen LogP contribution < -0.4 is 4.80 Å². The second kappa shape index (κ2) is 10.0. The summed E-state index contributed by atoms with van der Waals surface area (Å²) in [6, 6.07) is 18.6. The molecule has 1 heterocycles. The first kappa shape index (κ1) is 24.6. The molecule has 0 N–H and O–H groups in total. The molecule has 0 aliphatic carbocycles. The molecule has 4 aromatic rings. The number of fused-ring (bicyclic) bond motifs is 1. The molecule has 0 radical (unpaired) electrons. The van der Waals surface area contributed by atoms with E-state index in [1.807, 2.05) is 30.3 Å². The van der Waals surface area contributed by atoms with E-state index in [9.17, 15) is 13.2 Å². The number of nitrogens with zero attached hydrogens (tertiary/aromatic N) is 3. The van der Waals surface area contributed by atoms with E-state index in [1.54, 1.807) is 30.7 Å². The first-order valence-corrected chi connectivity index (χ1v) is 13.4. The van der Waals surface area contributed by atoms with Crippen LogP contribution in [0.15, 0.2) is 76.6 Å². The number of benzene rings is 3. The number of thiazole rings is 1. The fourth-order valence-electron chi connectivity index (χ4n) is 3.51. The molecular weight excluding hydrogens is 513 g/mol. The van der Waals surface area contributed by atoms with Gasteiger partial charge in [-0.15, -0.1) is 0 Å². The van der Waals surface area contributed by atoms with Crippen molar-refractivity contribution in [3.8, 4) is 0 Å². The number of sulfonamides is 1. The number of halogens is 2. The summed E-state index contributed by atoms with van der Waals surface area (Å²) in [5, 5.41) is 1.04. The van der Waals surface area contributed by atoms with Crippen LogP contribution in [0.2, 0.25) is 10.0 Å². The molecule has 0 atom stereocenters. The maximum Gasteiger partial charge on any atom is 0.279 e. The molecule has 1 amide bonds. The molecule has 0 spiro atoms. The Morgan fingerprint density at radius 2 is 1.65 bits per heavy atom. The Kier molecular flexibility index (Phi) is 7.25. The van der Waals surface area contributed by atoms with Gasteiger partial charge >= 0.3 is 0 Å². The van der Waals surface area contributed by atoms with Crippen LogP contribution in [0.5, 0.6) is 0 Å². The lowest BCUT2D eigenvalue weighted by molar-refractivity contribution is 0.0998. The third-order valence-corrected chi connectivity index (χ3v) is 9.17. The van der Waals surface area contributed by atoms with E-state index in [4.69, 9.17) is 23.2 Å². The van der Waals surface area contributed by atoms with Gasteiger partial charge in [-0.05, 0) is 42.0 Å². The standard InChI is InChI=1S/C24H21Cl2N3O3S2/c1-3-29(15-16-7-5-4-6-8-16)34(31,32)18-11-9-17(10-12-18)23(30)27-24-28(2)21-19(25)13-14-20(26)22(21)33-24/h4-14H,3,15H2,1-2H3. The van der Waals surface area contributed by atoms with Crippen molar-refractivity contribution in [3.63, 3.8) is 0 Å². The van der Waals surface area contributed by atoms with E-state index in [1.165, 1.54) is 39.9 Å². The molecule has 0 saturated carbocycles. The fraction of sp³-hybridized carbons (Fsp3) is 0.167. The monoisotopic (exact) mass is 533 g/mol. The van der Waals surface area contributed by atoms with Gasteiger partial charge in [0.1, 0.15) is 0 Å². The first-order chi connectivity index (χ1) is 16.2. The molecule has 3 aromatic carbocycles. The normalized spacial score (nSPS) is 12.6. The molecule has 0 aliphatic rings. The number of aryl methyl sites for hydroxylation is 1. The van der Waals surface area contributed by atoms with Gasteiger partial charge in [-0.1, -0.05) is 71.8 Å². The highest BCUT2D eigenvalue weighted by atomic mass is 35.5. The molecule has 0 fully saturated rings. The van der Waals surface area contributed by atoms with Crippen LogP contribution in [-0.4, -0.2) is 29.7 Å². The highest BCUT2D eigenvalue weighted by molar-refractivity contribution is 7.89. The van der Waals surface area contributed by atoms with Crippen molar-refractivity contribution in [3.05, 3.63) is 92.7 Å². The van der Waals surface area contributed by atoms with E-state index >= 15 is 0 Å². The van der Waals surface area contributed by atoms with Gasteiger partial charge in [-0.3, -0.25) is 4.79 Å². The summed E-state index contributed by atoms with van der Waals surface area (Å²) in [6.45, 7) is 2.38. The lowest BCUT2D eigenvalue weighted by Gasteiger charge is -2.20. The molecule has 4 rings (SSSR count). The summed E-state index contributed by atoms with van der Waals surface area (Å²) in [7, 11) is -1.97. The Bertz CT molecular complexity index is 1530. The highest BCUT2D eigenvalue weighted by Gasteiger charge is 2.23. The molecule has 34 heavy (non-hydrogen) atoms. The Hall–Kier alpha value is -2.49. The van der Waals surface area contributed by atoms with E-state index in [-0.39, 0.29) is 17.0 Å². The van der Waals surface area contributed by atoms with E-state index < -0.39 is 15.9 Å². The summed E-state index contributed by atoms with van der Waals surface area (Å²) in [5.41, 5.74) is 1.87. The minimum Gasteiger partial charge on any atom is -0.318 e. The van der Waals surface area contributed by atoms with E-state index in [0.717, 1.165) is 10.3 Å². The van der Waals surface area contributed by atoms with Crippen molar-refractivity contribution in [1.82, 2.24) is 8.87 Å². The smallest absolute Gasteiger partial charge is 0.279 e. The molecule has 0 saturated heterocycles. The third kappa shape index (κ3) is 4.82. The lowest BCUT2D eigenvalue weighted by Crippen LogP contribution is -2.30. The minimum absolute atomic E-state index is 0.118. The molecule has 0 unspecified atom stereocenters. The zero-order valence-corrected chi connectivity index (χ0v) is 21.5. The van der Waals surface area contributed by atoms with Crippen LogP contribution in [0.25, 0.3) is 10.2 Å². The lowest BCUT2D eigenvalue weighted by atomic mass is 10.2. The van der Waals surface area contributed by atoms with Crippen LogP contribution in [0.1, 0.15) is 22.8 Å². The van der Waals surface area contributed by atoms with Gasteiger partial charge in [0.15, 0.2) is 4.80 Å². The Balaban J connectivity index is 1.62. The van der Waals surface area contributed by atoms with E-state index in [0.29, 0.717) is 26.9 Å². The summed E-state index contributed by atoms with van der Waals surface area (Å²) in [4.78, 5) is 17.6. The average molecular weight is 534 g/mol. The van der Waals surface area contributed by atoms with Gasteiger partial charge in [-0.25, -0.2) is 8.42 Å². The zero-order chi connectivity index (χ0) is 24.5. The molecule has 1 aromatic heterocycles. The van der Waals surface area contributed by atoms with Crippen LogP contribution in [0.4, 0.5) is 0 Å². The predicted octanol–water partition coefficient (Wildman–Crippen LogP) is 5.50. The van der Waals surface area contributed by atoms with Crippen molar-refractivity contribution in [2.75, 3.05) is 6.54 Å². The molecule has 0 aliphatic heterocycles. The summed E-state index contributed by atoms with van der Waals surface area (Å²) in [5.74, 6) is -0.491.